The van der Waals surface area contributed by atoms with Crippen LogP contribution in [0.2, 0.25) is 0 Å². The average molecular weight is 247 g/mol. The molecule has 1 aliphatic rings. The highest BCUT2D eigenvalue weighted by atomic mass is 19.1. The van der Waals surface area contributed by atoms with Crippen molar-refractivity contribution in [2.24, 2.45) is 7.05 Å². The summed E-state index contributed by atoms with van der Waals surface area (Å²) in [5.74, 6) is 0.00431. The molecule has 2 aromatic rings. The van der Waals surface area contributed by atoms with Crippen LogP contribution >= 0.6 is 0 Å². The van der Waals surface area contributed by atoms with Gasteiger partial charge >= 0.3 is 0 Å². The van der Waals surface area contributed by atoms with Gasteiger partial charge in [-0.15, -0.1) is 0 Å². The Hall–Kier alpha value is -2.04. The molecular formula is C13H14FN3O. The molecule has 4 nitrogen and oxygen atoms in total. The molecule has 2 N–H and O–H groups in total. The summed E-state index contributed by atoms with van der Waals surface area (Å²) < 4.78 is 16.4. The van der Waals surface area contributed by atoms with E-state index in [1.165, 1.54) is 16.8 Å². The first-order chi connectivity index (χ1) is 8.59. The maximum Gasteiger partial charge on any atom is 0.294 e. The van der Waals surface area contributed by atoms with Crippen molar-refractivity contribution >= 4 is 5.69 Å². The molecular weight excluding hydrogens is 233 g/mol. The minimum atomic E-state index is -0.368. The second-order valence-corrected chi connectivity index (χ2v) is 4.69. The van der Waals surface area contributed by atoms with Crippen molar-refractivity contribution in [2.75, 3.05) is 5.73 Å². The van der Waals surface area contributed by atoms with Crippen LogP contribution < -0.4 is 11.3 Å². The van der Waals surface area contributed by atoms with Gasteiger partial charge in [0.1, 0.15) is 11.5 Å². The average Bonchev–Trinajstić information content (AvgIpc) is 3.10. The molecule has 0 radical (unpaired) electrons. The van der Waals surface area contributed by atoms with Crippen molar-refractivity contribution in [3.05, 3.63) is 46.1 Å². The Morgan fingerprint density at radius 2 is 2.11 bits per heavy atom. The third-order valence-corrected chi connectivity index (χ3v) is 3.36. The molecule has 94 valence electrons. The van der Waals surface area contributed by atoms with Crippen LogP contribution in [0.15, 0.2) is 29.1 Å². The van der Waals surface area contributed by atoms with Crippen molar-refractivity contribution in [3.8, 4) is 5.69 Å². The van der Waals surface area contributed by atoms with Crippen molar-refractivity contribution in [3.63, 3.8) is 0 Å². The fourth-order valence-electron chi connectivity index (χ4n) is 2.38. The first-order valence-electron chi connectivity index (χ1n) is 5.93. The Labute approximate surface area is 103 Å². The van der Waals surface area contributed by atoms with Gasteiger partial charge in [-0.3, -0.25) is 9.48 Å². The molecule has 1 aromatic heterocycles. The van der Waals surface area contributed by atoms with Crippen molar-refractivity contribution in [1.82, 2.24) is 9.36 Å². The highest BCUT2D eigenvalue weighted by Crippen LogP contribution is 2.41. The fourth-order valence-corrected chi connectivity index (χ4v) is 2.38. The maximum absolute atomic E-state index is 13.2. The lowest BCUT2D eigenvalue weighted by molar-refractivity contribution is 0.600. The van der Waals surface area contributed by atoms with Crippen molar-refractivity contribution < 1.29 is 4.39 Å². The molecule has 0 unspecified atom stereocenters. The van der Waals surface area contributed by atoms with Gasteiger partial charge in [0.2, 0.25) is 0 Å². The van der Waals surface area contributed by atoms with Crippen molar-refractivity contribution in [2.45, 2.75) is 18.8 Å². The summed E-state index contributed by atoms with van der Waals surface area (Å²) in [6.07, 6.45) is 2.12. The predicted octanol–water partition coefficient (Wildman–Crippen LogP) is 1.77. The monoisotopic (exact) mass is 247 g/mol. The summed E-state index contributed by atoms with van der Waals surface area (Å²) in [5, 5.41) is 0. The van der Waals surface area contributed by atoms with E-state index >= 15 is 0 Å². The van der Waals surface area contributed by atoms with E-state index in [2.05, 4.69) is 0 Å². The van der Waals surface area contributed by atoms with Crippen LogP contribution in [0.5, 0.6) is 0 Å². The van der Waals surface area contributed by atoms with Crippen LogP contribution in [0.1, 0.15) is 24.5 Å². The fraction of sp³-hybridized carbons (Fsp3) is 0.308. The Balaban J connectivity index is 2.24. The maximum atomic E-state index is 13.2. The van der Waals surface area contributed by atoms with Crippen LogP contribution in [-0.2, 0) is 7.05 Å². The lowest BCUT2D eigenvalue weighted by Crippen LogP contribution is -2.20. The largest absolute Gasteiger partial charge is 0.393 e. The molecule has 1 saturated carbocycles. The zero-order valence-corrected chi connectivity index (χ0v) is 10.1. The van der Waals surface area contributed by atoms with Crippen LogP contribution in [0.3, 0.4) is 0 Å². The third-order valence-electron chi connectivity index (χ3n) is 3.36. The van der Waals surface area contributed by atoms with Gasteiger partial charge in [-0.05, 0) is 31.0 Å². The highest BCUT2D eigenvalue weighted by Gasteiger charge is 2.31. The molecule has 1 aliphatic carbocycles. The molecule has 18 heavy (non-hydrogen) atoms. The summed E-state index contributed by atoms with van der Waals surface area (Å²) in [7, 11) is 1.79. The molecule has 0 bridgehead atoms. The molecule has 1 heterocycles. The number of anilines is 1. The Morgan fingerprint density at radius 1 is 1.39 bits per heavy atom. The minimum absolute atomic E-state index is 0.273. The van der Waals surface area contributed by atoms with Gasteiger partial charge < -0.3 is 5.73 Å². The lowest BCUT2D eigenvalue weighted by Gasteiger charge is -2.09. The molecule has 5 heteroatoms. The summed E-state index contributed by atoms with van der Waals surface area (Å²) >= 11 is 0. The van der Waals surface area contributed by atoms with Gasteiger partial charge in [0.15, 0.2) is 0 Å². The Bertz CT molecular complexity index is 667. The topological polar surface area (TPSA) is 52.9 Å². The van der Waals surface area contributed by atoms with E-state index in [4.69, 9.17) is 5.73 Å². The van der Waals surface area contributed by atoms with E-state index in [9.17, 15) is 9.18 Å². The van der Waals surface area contributed by atoms with Crippen molar-refractivity contribution in [1.29, 1.82) is 0 Å². The Kier molecular flexibility index (Phi) is 2.29. The van der Waals surface area contributed by atoms with E-state index in [1.807, 2.05) is 0 Å². The molecule has 0 amide bonds. The first kappa shape index (κ1) is 11.1. The second-order valence-electron chi connectivity index (χ2n) is 4.69. The van der Waals surface area contributed by atoms with Gasteiger partial charge in [0, 0.05) is 13.0 Å². The smallest absolute Gasteiger partial charge is 0.294 e. The van der Waals surface area contributed by atoms with Gasteiger partial charge in [-0.1, -0.05) is 6.07 Å². The Morgan fingerprint density at radius 3 is 2.72 bits per heavy atom. The minimum Gasteiger partial charge on any atom is -0.393 e. The molecule has 0 atom stereocenters. The zero-order chi connectivity index (χ0) is 12.9. The number of nitrogen functional groups attached to an aromatic ring is 1. The number of aromatic nitrogens is 2. The highest BCUT2D eigenvalue weighted by molar-refractivity contribution is 5.48. The predicted molar refractivity (Wildman–Crippen MR) is 67.4 cm³/mol. The summed E-state index contributed by atoms with van der Waals surface area (Å²) in [6.45, 7) is 0. The number of benzene rings is 1. The number of nitrogens with two attached hydrogens (primary N) is 1. The normalized spacial score (nSPS) is 15.0. The summed E-state index contributed by atoms with van der Waals surface area (Å²) in [4.78, 5) is 12.1. The summed E-state index contributed by atoms with van der Waals surface area (Å²) in [6, 6.07) is 5.96. The number of halogens is 1. The lowest BCUT2D eigenvalue weighted by atomic mass is 10.2. The van der Waals surface area contributed by atoms with E-state index in [-0.39, 0.29) is 17.1 Å². The van der Waals surface area contributed by atoms with Crippen LogP contribution in [0.25, 0.3) is 5.69 Å². The molecule has 0 saturated heterocycles. The number of hydrogen-bond acceptors (Lipinski definition) is 2. The van der Waals surface area contributed by atoms with Gasteiger partial charge in [-0.25, -0.2) is 9.07 Å². The molecule has 1 aromatic carbocycles. The molecule has 3 rings (SSSR count). The van der Waals surface area contributed by atoms with E-state index in [0.29, 0.717) is 11.6 Å². The number of nitrogens with zero attached hydrogens (tertiary/aromatic N) is 2. The zero-order valence-electron chi connectivity index (χ0n) is 10.1. The molecule has 0 spiro atoms. The summed E-state index contributed by atoms with van der Waals surface area (Å²) in [5.41, 5.74) is 7.25. The van der Waals surface area contributed by atoms with Gasteiger partial charge in [-0.2, -0.15) is 0 Å². The van der Waals surface area contributed by atoms with E-state index in [0.717, 1.165) is 18.5 Å². The molecule has 0 aliphatic heterocycles. The number of hydrogen-bond donors (Lipinski definition) is 1. The quantitative estimate of drug-likeness (QED) is 0.879. The standard InChI is InChI=1S/C13H14FN3O/c1-16-12(8-5-6-8)11(15)13(18)17(16)10-4-2-3-9(14)7-10/h2-4,7-8H,5-6,15H2,1H3. The van der Waals surface area contributed by atoms with Crippen LogP contribution in [0, 0.1) is 5.82 Å². The van der Waals surface area contributed by atoms with Crippen LogP contribution in [-0.4, -0.2) is 9.36 Å². The van der Waals surface area contributed by atoms with E-state index < -0.39 is 0 Å². The van der Waals surface area contributed by atoms with E-state index in [1.54, 1.807) is 23.9 Å². The number of rotatable bonds is 2. The van der Waals surface area contributed by atoms with Gasteiger partial charge in [0.25, 0.3) is 5.56 Å². The second kappa shape index (κ2) is 3.73. The first-order valence-corrected chi connectivity index (χ1v) is 5.93. The van der Waals surface area contributed by atoms with Crippen LogP contribution in [0.4, 0.5) is 10.1 Å². The van der Waals surface area contributed by atoms with Gasteiger partial charge in [0.05, 0.1) is 11.4 Å². The SMILES string of the molecule is Cn1c(C2CC2)c(N)c(=O)n1-c1cccc(F)c1. The molecule has 1 fully saturated rings. The third kappa shape index (κ3) is 1.54.